The molecule has 2 rings (SSSR count). The monoisotopic (exact) mass is 178 g/mol. The largest absolute Gasteiger partial charge is 0.384 e. The number of nitrogen functional groups attached to an aromatic ring is 1. The van der Waals surface area contributed by atoms with Gasteiger partial charge in [-0.25, -0.2) is 9.97 Å². The van der Waals surface area contributed by atoms with Gasteiger partial charge in [0, 0.05) is 18.7 Å². The Morgan fingerprint density at radius 3 is 3.15 bits per heavy atom. The van der Waals surface area contributed by atoms with Crippen LogP contribution in [0.15, 0.2) is 12.3 Å². The van der Waals surface area contributed by atoms with Crippen LogP contribution in [0.2, 0.25) is 0 Å². The third-order valence-electron chi connectivity index (χ3n) is 2.36. The molecule has 4 heteroatoms. The van der Waals surface area contributed by atoms with E-state index in [2.05, 4.69) is 15.3 Å². The molecule has 1 saturated heterocycles. The van der Waals surface area contributed by atoms with Crippen molar-refractivity contribution in [2.45, 2.75) is 18.8 Å². The van der Waals surface area contributed by atoms with Crippen molar-refractivity contribution in [1.82, 2.24) is 15.3 Å². The van der Waals surface area contributed by atoms with E-state index in [1.807, 2.05) is 0 Å². The third-order valence-corrected chi connectivity index (χ3v) is 2.36. The molecule has 0 aliphatic carbocycles. The summed E-state index contributed by atoms with van der Waals surface area (Å²) >= 11 is 0. The minimum Gasteiger partial charge on any atom is -0.384 e. The lowest BCUT2D eigenvalue weighted by molar-refractivity contribution is 0.447. The Hall–Kier alpha value is -1.16. The molecule has 0 aromatic carbocycles. The molecule has 70 valence electrons. The molecule has 2 heterocycles. The molecule has 13 heavy (non-hydrogen) atoms. The first-order chi connectivity index (χ1) is 6.36. The third kappa shape index (κ3) is 1.95. The summed E-state index contributed by atoms with van der Waals surface area (Å²) in [6.45, 7) is 2.09. The zero-order chi connectivity index (χ0) is 9.10. The van der Waals surface area contributed by atoms with Crippen LogP contribution >= 0.6 is 0 Å². The van der Waals surface area contributed by atoms with Crippen molar-refractivity contribution in [2.24, 2.45) is 0 Å². The summed E-state index contributed by atoms with van der Waals surface area (Å²) in [5.74, 6) is 1.89. The molecule has 4 nitrogen and oxygen atoms in total. The Morgan fingerprint density at radius 1 is 1.54 bits per heavy atom. The van der Waals surface area contributed by atoms with Crippen molar-refractivity contribution in [2.75, 3.05) is 18.8 Å². The van der Waals surface area contributed by atoms with Crippen LogP contribution in [0.5, 0.6) is 0 Å². The van der Waals surface area contributed by atoms with Gasteiger partial charge in [0.25, 0.3) is 0 Å². The molecule has 1 atom stereocenters. The standard InChI is InChI=1S/C9H14N4/c10-8-3-5-12-9(13-8)7-2-1-4-11-6-7/h3,5,7,11H,1-2,4,6H2,(H2,10,12,13)/t7-/m0/s1. The van der Waals surface area contributed by atoms with Gasteiger partial charge in [-0.3, -0.25) is 0 Å². The Kier molecular flexibility index (Phi) is 2.40. The van der Waals surface area contributed by atoms with Crippen LogP contribution in [0.25, 0.3) is 0 Å². The van der Waals surface area contributed by atoms with E-state index in [4.69, 9.17) is 5.73 Å². The summed E-state index contributed by atoms with van der Waals surface area (Å²) in [5.41, 5.74) is 5.59. The van der Waals surface area contributed by atoms with Crippen molar-refractivity contribution in [1.29, 1.82) is 0 Å². The average molecular weight is 178 g/mol. The van der Waals surface area contributed by atoms with Crippen LogP contribution in [-0.4, -0.2) is 23.1 Å². The summed E-state index contributed by atoms with van der Waals surface area (Å²) < 4.78 is 0. The first-order valence-electron chi connectivity index (χ1n) is 4.65. The predicted octanol–water partition coefficient (Wildman–Crippen LogP) is 0.526. The van der Waals surface area contributed by atoms with Crippen molar-refractivity contribution in [3.63, 3.8) is 0 Å². The van der Waals surface area contributed by atoms with Gasteiger partial charge < -0.3 is 11.1 Å². The number of piperidine rings is 1. The fourth-order valence-corrected chi connectivity index (χ4v) is 1.66. The number of hydrogen-bond donors (Lipinski definition) is 2. The molecule has 0 saturated carbocycles. The molecule has 0 radical (unpaired) electrons. The summed E-state index contributed by atoms with van der Waals surface area (Å²) in [6, 6.07) is 1.72. The van der Waals surface area contributed by atoms with E-state index < -0.39 is 0 Å². The minimum absolute atomic E-state index is 0.442. The highest BCUT2D eigenvalue weighted by Crippen LogP contribution is 2.19. The average Bonchev–Trinajstić information content (AvgIpc) is 2.19. The lowest BCUT2D eigenvalue weighted by Gasteiger charge is -2.21. The number of anilines is 1. The molecule has 1 aromatic heterocycles. The van der Waals surface area contributed by atoms with Gasteiger partial charge in [0.2, 0.25) is 0 Å². The van der Waals surface area contributed by atoms with Gasteiger partial charge in [-0.1, -0.05) is 0 Å². The fourth-order valence-electron chi connectivity index (χ4n) is 1.66. The van der Waals surface area contributed by atoms with Crippen molar-refractivity contribution in [3.8, 4) is 0 Å². The van der Waals surface area contributed by atoms with Crippen LogP contribution in [0.1, 0.15) is 24.6 Å². The van der Waals surface area contributed by atoms with E-state index in [-0.39, 0.29) is 0 Å². The van der Waals surface area contributed by atoms with Gasteiger partial charge in [-0.05, 0) is 25.5 Å². The maximum Gasteiger partial charge on any atom is 0.135 e. The Morgan fingerprint density at radius 2 is 2.46 bits per heavy atom. The molecule has 1 fully saturated rings. The van der Waals surface area contributed by atoms with Crippen LogP contribution in [0.4, 0.5) is 5.82 Å². The molecular formula is C9H14N4. The van der Waals surface area contributed by atoms with Crippen molar-refractivity contribution in [3.05, 3.63) is 18.1 Å². The van der Waals surface area contributed by atoms with E-state index >= 15 is 0 Å². The molecule has 0 amide bonds. The predicted molar refractivity (Wildman–Crippen MR) is 51.3 cm³/mol. The van der Waals surface area contributed by atoms with Gasteiger partial charge in [0.15, 0.2) is 0 Å². The first kappa shape index (κ1) is 8.44. The van der Waals surface area contributed by atoms with Crippen LogP contribution in [-0.2, 0) is 0 Å². The molecule has 1 aromatic rings. The van der Waals surface area contributed by atoms with E-state index in [9.17, 15) is 0 Å². The normalized spacial score (nSPS) is 22.9. The highest BCUT2D eigenvalue weighted by atomic mass is 15.0. The Bertz CT molecular complexity index is 281. The lowest BCUT2D eigenvalue weighted by Crippen LogP contribution is -2.29. The highest BCUT2D eigenvalue weighted by Gasteiger charge is 2.17. The van der Waals surface area contributed by atoms with Crippen LogP contribution < -0.4 is 11.1 Å². The Balaban J connectivity index is 2.14. The molecule has 0 bridgehead atoms. The van der Waals surface area contributed by atoms with E-state index in [1.165, 1.54) is 6.42 Å². The van der Waals surface area contributed by atoms with Gasteiger partial charge in [0.1, 0.15) is 11.6 Å². The summed E-state index contributed by atoms with van der Waals surface area (Å²) in [6.07, 6.45) is 4.09. The number of rotatable bonds is 1. The molecule has 0 spiro atoms. The first-order valence-corrected chi connectivity index (χ1v) is 4.65. The summed E-state index contributed by atoms with van der Waals surface area (Å²) in [5, 5.41) is 3.33. The second kappa shape index (κ2) is 3.70. The van der Waals surface area contributed by atoms with Gasteiger partial charge in [-0.2, -0.15) is 0 Å². The van der Waals surface area contributed by atoms with Crippen molar-refractivity contribution < 1.29 is 0 Å². The summed E-state index contributed by atoms with van der Waals surface area (Å²) in [4.78, 5) is 8.46. The van der Waals surface area contributed by atoms with E-state index in [0.717, 1.165) is 25.3 Å². The highest BCUT2D eigenvalue weighted by molar-refractivity contribution is 5.26. The number of hydrogen-bond acceptors (Lipinski definition) is 4. The Labute approximate surface area is 77.6 Å². The van der Waals surface area contributed by atoms with Crippen LogP contribution in [0.3, 0.4) is 0 Å². The van der Waals surface area contributed by atoms with Gasteiger partial charge in [-0.15, -0.1) is 0 Å². The lowest BCUT2D eigenvalue weighted by atomic mass is 9.99. The maximum atomic E-state index is 5.59. The SMILES string of the molecule is Nc1ccnc([C@H]2CCCNC2)n1. The number of nitrogens with two attached hydrogens (primary N) is 1. The van der Waals surface area contributed by atoms with E-state index in [0.29, 0.717) is 11.7 Å². The summed E-state index contributed by atoms with van der Waals surface area (Å²) in [7, 11) is 0. The number of aromatic nitrogens is 2. The number of nitrogens with zero attached hydrogens (tertiary/aromatic N) is 2. The zero-order valence-corrected chi connectivity index (χ0v) is 7.53. The van der Waals surface area contributed by atoms with Gasteiger partial charge in [0.05, 0.1) is 0 Å². The van der Waals surface area contributed by atoms with Gasteiger partial charge >= 0.3 is 0 Å². The second-order valence-electron chi connectivity index (χ2n) is 3.38. The molecule has 3 N–H and O–H groups in total. The fraction of sp³-hybridized carbons (Fsp3) is 0.556. The second-order valence-corrected chi connectivity index (χ2v) is 3.38. The topological polar surface area (TPSA) is 63.8 Å². The molecule has 0 unspecified atom stereocenters. The van der Waals surface area contributed by atoms with Crippen molar-refractivity contribution >= 4 is 5.82 Å². The zero-order valence-electron chi connectivity index (χ0n) is 7.53. The number of nitrogens with one attached hydrogen (secondary N) is 1. The van der Waals surface area contributed by atoms with E-state index in [1.54, 1.807) is 12.3 Å². The maximum absolute atomic E-state index is 5.59. The quantitative estimate of drug-likeness (QED) is 0.658. The molecule has 1 aliphatic rings. The van der Waals surface area contributed by atoms with Crippen LogP contribution in [0, 0.1) is 0 Å². The minimum atomic E-state index is 0.442. The smallest absolute Gasteiger partial charge is 0.135 e. The molecule has 1 aliphatic heterocycles. The molecular weight excluding hydrogens is 164 g/mol.